The number of fused-ring (bicyclic) bond motifs is 10. The van der Waals surface area contributed by atoms with Crippen molar-refractivity contribution in [3.8, 4) is 22.5 Å². The van der Waals surface area contributed by atoms with Crippen LogP contribution >= 0.6 is 11.3 Å². The standard InChI is InChI=1S/C33H24N3S.C11H8N.Ir/c1-33(2,3)17-19-13-14-34-27(15-19)20-16-26-23-9-6-8-22-24-11-12-25-21-7-4-5-10-28(21)37-31(25)30(24)36(29(22)23)32(26)35-18-20;1-2-6-10(7-3-1)11-8-4-5-9-12-11;/h4-16H,17H2,1-3H3;1-6,8-9H;/q2*-1;. The minimum absolute atomic E-state index is 0. The maximum absolute atomic E-state index is 4.97. The van der Waals surface area contributed by atoms with E-state index in [2.05, 4.69) is 120 Å². The molecule has 0 fully saturated rings. The van der Waals surface area contributed by atoms with Crippen LogP contribution in [0, 0.1) is 17.7 Å². The number of benzene rings is 4. The van der Waals surface area contributed by atoms with Gasteiger partial charge in [-0.25, -0.2) is 0 Å². The van der Waals surface area contributed by atoms with Crippen molar-refractivity contribution < 1.29 is 20.1 Å². The molecule has 0 aliphatic heterocycles. The van der Waals surface area contributed by atoms with E-state index in [1.54, 1.807) is 6.20 Å². The molecule has 0 saturated heterocycles. The molecule has 0 N–H and O–H groups in total. The largest absolute Gasteiger partial charge is 0.335 e. The van der Waals surface area contributed by atoms with E-state index in [-0.39, 0.29) is 25.5 Å². The zero-order valence-corrected chi connectivity index (χ0v) is 31.1. The van der Waals surface area contributed by atoms with Gasteiger partial charge in [0.2, 0.25) is 0 Å². The maximum Gasteiger partial charge on any atom is 0.0646 e. The van der Waals surface area contributed by atoms with Gasteiger partial charge in [-0.15, -0.1) is 58.9 Å². The van der Waals surface area contributed by atoms with Crippen LogP contribution in [0.3, 0.4) is 0 Å². The van der Waals surface area contributed by atoms with E-state index in [9.17, 15) is 0 Å². The SMILES string of the molecule is CC(C)(C)Cc1ccnc(-c2[c-]nc3c(c2)c2cccc4c5ccc6c7ccccc7sc6c5n3c24)c1.[Ir].[c-]1ccccc1-c1ccccn1. The molecule has 6 aromatic heterocycles. The molecule has 0 atom stereocenters. The van der Waals surface area contributed by atoms with Crippen LogP contribution in [-0.2, 0) is 26.5 Å². The van der Waals surface area contributed by atoms with Crippen molar-refractivity contribution in [3.63, 3.8) is 0 Å². The number of hydrogen-bond acceptors (Lipinski definition) is 4. The summed E-state index contributed by atoms with van der Waals surface area (Å²) in [6.07, 6.45) is 8.05. The molecule has 10 aromatic rings. The van der Waals surface area contributed by atoms with E-state index in [0.717, 1.165) is 40.0 Å². The second-order valence-electron chi connectivity index (χ2n) is 13.8. The van der Waals surface area contributed by atoms with Gasteiger partial charge in [0.1, 0.15) is 0 Å². The van der Waals surface area contributed by atoms with Crippen molar-refractivity contribution in [2.45, 2.75) is 27.2 Å². The Morgan fingerprint density at radius 2 is 1.38 bits per heavy atom. The Hall–Kier alpha value is -5.00. The Morgan fingerprint density at radius 1 is 0.640 bits per heavy atom. The fraction of sp³-hybridized carbons (Fsp3) is 0.114. The van der Waals surface area contributed by atoms with Gasteiger partial charge in [0.25, 0.3) is 0 Å². The molecular formula is C44H32IrN4S-2. The Balaban J connectivity index is 0.000000236. The summed E-state index contributed by atoms with van der Waals surface area (Å²) in [6, 6.07) is 43.3. The molecule has 10 rings (SSSR count). The Labute approximate surface area is 308 Å². The molecule has 50 heavy (non-hydrogen) atoms. The van der Waals surface area contributed by atoms with E-state index in [4.69, 9.17) is 4.98 Å². The van der Waals surface area contributed by atoms with Gasteiger partial charge in [-0.2, -0.15) is 0 Å². The first-order chi connectivity index (χ1) is 23.9. The summed E-state index contributed by atoms with van der Waals surface area (Å²) < 4.78 is 5.00. The van der Waals surface area contributed by atoms with Crippen molar-refractivity contribution in [3.05, 3.63) is 145 Å². The first kappa shape index (κ1) is 32.2. The third-order valence-corrected chi connectivity index (χ3v) is 10.3. The topological polar surface area (TPSA) is 43.1 Å². The van der Waals surface area contributed by atoms with Gasteiger partial charge in [0.05, 0.1) is 21.4 Å². The molecule has 0 spiro atoms. The van der Waals surface area contributed by atoms with E-state index in [1.807, 2.05) is 60.0 Å². The van der Waals surface area contributed by atoms with E-state index >= 15 is 0 Å². The smallest absolute Gasteiger partial charge is 0.0646 e. The minimum atomic E-state index is 0. The summed E-state index contributed by atoms with van der Waals surface area (Å²) in [4.78, 5) is 13.9. The van der Waals surface area contributed by atoms with Crippen LogP contribution in [0.2, 0.25) is 0 Å². The monoisotopic (exact) mass is 841 g/mol. The molecule has 0 aliphatic rings. The van der Waals surface area contributed by atoms with Crippen molar-refractivity contribution in [1.29, 1.82) is 0 Å². The van der Waals surface area contributed by atoms with Crippen LogP contribution in [0.5, 0.6) is 0 Å². The van der Waals surface area contributed by atoms with Crippen molar-refractivity contribution >= 4 is 69.7 Å². The Morgan fingerprint density at radius 3 is 2.18 bits per heavy atom. The molecular weight excluding hydrogens is 809 g/mol. The summed E-state index contributed by atoms with van der Waals surface area (Å²) in [7, 11) is 0. The maximum atomic E-state index is 4.97. The van der Waals surface area contributed by atoms with Crippen LogP contribution < -0.4 is 0 Å². The molecule has 245 valence electrons. The zero-order valence-electron chi connectivity index (χ0n) is 27.9. The van der Waals surface area contributed by atoms with Crippen LogP contribution in [0.25, 0.3) is 80.9 Å². The van der Waals surface area contributed by atoms with Gasteiger partial charge in [-0.3, -0.25) is 0 Å². The summed E-state index contributed by atoms with van der Waals surface area (Å²) in [5.74, 6) is 0. The molecule has 0 aliphatic carbocycles. The van der Waals surface area contributed by atoms with E-state index in [0.29, 0.717) is 0 Å². The van der Waals surface area contributed by atoms with Crippen molar-refractivity contribution in [2.75, 3.05) is 0 Å². The number of aromatic nitrogens is 4. The van der Waals surface area contributed by atoms with Gasteiger partial charge in [0.15, 0.2) is 0 Å². The van der Waals surface area contributed by atoms with E-state index < -0.39 is 0 Å². The molecule has 0 saturated carbocycles. The number of nitrogens with zero attached hydrogens (tertiary/aromatic N) is 4. The third-order valence-electron chi connectivity index (χ3n) is 9.09. The van der Waals surface area contributed by atoms with Gasteiger partial charge >= 0.3 is 0 Å². The van der Waals surface area contributed by atoms with Crippen molar-refractivity contribution in [1.82, 2.24) is 19.4 Å². The van der Waals surface area contributed by atoms with Crippen LogP contribution in [0.4, 0.5) is 0 Å². The molecule has 6 heteroatoms. The number of rotatable bonds is 3. The third kappa shape index (κ3) is 5.54. The number of hydrogen-bond donors (Lipinski definition) is 0. The summed E-state index contributed by atoms with van der Waals surface area (Å²) in [6.45, 7) is 6.80. The predicted molar refractivity (Wildman–Crippen MR) is 206 cm³/mol. The van der Waals surface area contributed by atoms with Crippen molar-refractivity contribution in [2.24, 2.45) is 5.41 Å². The second-order valence-corrected chi connectivity index (χ2v) is 14.8. The molecule has 6 heterocycles. The van der Waals surface area contributed by atoms with E-state index in [1.165, 1.54) is 52.9 Å². The summed E-state index contributed by atoms with van der Waals surface area (Å²) >= 11 is 1.87. The number of pyridine rings is 3. The normalized spacial score (nSPS) is 11.8. The Bertz CT molecular complexity index is 2740. The second kappa shape index (κ2) is 12.7. The average Bonchev–Trinajstić information content (AvgIpc) is 3.79. The minimum Gasteiger partial charge on any atom is -0.335 e. The average molecular weight is 841 g/mol. The van der Waals surface area contributed by atoms with Gasteiger partial charge in [0, 0.05) is 58.7 Å². The van der Waals surface area contributed by atoms with Crippen LogP contribution in [-0.4, -0.2) is 19.4 Å². The molecule has 0 amide bonds. The fourth-order valence-electron chi connectivity index (χ4n) is 7.09. The summed E-state index contributed by atoms with van der Waals surface area (Å²) in [5.41, 5.74) is 8.83. The molecule has 1 radical (unpaired) electrons. The molecule has 4 aromatic carbocycles. The Kier molecular flexibility index (Phi) is 8.19. The van der Waals surface area contributed by atoms with Gasteiger partial charge in [-0.05, 0) is 53.0 Å². The fourth-order valence-corrected chi connectivity index (χ4v) is 8.33. The quantitative estimate of drug-likeness (QED) is 0.166. The van der Waals surface area contributed by atoms with Gasteiger partial charge in [-0.1, -0.05) is 98.5 Å². The molecule has 4 nitrogen and oxygen atoms in total. The number of thiophene rings is 1. The van der Waals surface area contributed by atoms with Gasteiger partial charge < -0.3 is 19.4 Å². The molecule has 0 unspecified atom stereocenters. The summed E-state index contributed by atoms with van der Waals surface area (Å²) in [5, 5.41) is 7.56. The zero-order chi connectivity index (χ0) is 33.1. The first-order valence-electron chi connectivity index (χ1n) is 16.6. The predicted octanol–water partition coefficient (Wildman–Crippen LogP) is 11.6. The van der Waals surface area contributed by atoms with Crippen LogP contribution in [0.1, 0.15) is 26.3 Å². The number of para-hydroxylation sites is 1. The van der Waals surface area contributed by atoms with Crippen LogP contribution in [0.15, 0.2) is 128 Å². The first-order valence-corrected chi connectivity index (χ1v) is 17.4. The molecule has 0 bridgehead atoms.